The van der Waals surface area contributed by atoms with Gasteiger partial charge in [-0.25, -0.2) is 0 Å². The Bertz CT molecular complexity index is 366. The largest absolute Gasteiger partial charge is 0.352 e. The Kier molecular flexibility index (Phi) is 3.79. The molecule has 0 spiro atoms. The SMILES string of the molecule is NCC1(CC(=O)NCc2ccccc2)CCC1. The molecule has 0 saturated heterocycles. The maximum atomic E-state index is 11.8. The second-order valence-corrected chi connectivity index (χ2v) is 5.00. The molecule has 3 heteroatoms. The van der Waals surface area contributed by atoms with Crippen LogP contribution in [0.25, 0.3) is 0 Å². The van der Waals surface area contributed by atoms with Gasteiger partial charge in [-0.1, -0.05) is 36.8 Å². The van der Waals surface area contributed by atoms with E-state index >= 15 is 0 Å². The molecule has 92 valence electrons. The molecule has 1 aromatic rings. The van der Waals surface area contributed by atoms with Crippen molar-refractivity contribution in [1.29, 1.82) is 0 Å². The van der Waals surface area contributed by atoms with E-state index in [-0.39, 0.29) is 11.3 Å². The number of nitrogens with two attached hydrogens (primary N) is 1. The number of carbonyl (C=O) groups excluding carboxylic acids is 1. The summed E-state index contributed by atoms with van der Waals surface area (Å²) in [7, 11) is 0. The maximum Gasteiger partial charge on any atom is 0.220 e. The molecule has 1 aromatic carbocycles. The lowest BCUT2D eigenvalue weighted by Gasteiger charge is -2.40. The molecule has 0 radical (unpaired) electrons. The quantitative estimate of drug-likeness (QED) is 0.813. The van der Waals surface area contributed by atoms with E-state index in [1.54, 1.807) is 0 Å². The van der Waals surface area contributed by atoms with E-state index in [4.69, 9.17) is 5.73 Å². The fourth-order valence-electron chi connectivity index (χ4n) is 2.33. The second kappa shape index (κ2) is 5.32. The summed E-state index contributed by atoms with van der Waals surface area (Å²) in [6.45, 7) is 1.24. The van der Waals surface area contributed by atoms with Gasteiger partial charge >= 0.3 is 0 Å². The van der Waals surface area contributed by atoms with Crippen molar-refractivity contribution < 1.29 is 4.79 Å². The molecule has 1 fully saturated rings. The zero-order chi connectivity index (χ0) is 12.1. The van der Waals surface area contributed by atoms with Crippen LogP contribution in [0.15, 0.2) is 30.3 Å². The number of hydrogen-bond acceptors (Lipinski definition) is 2. The van der Waals surface area contributed by atoms with Crippen LogP contribution in [-0.4, -0.2) is 12.5 Å². The molecule has 2 rings (SSSR count). The predicted molar refractivity (Wildman–Crippen MR) is 68.2 cm³/mol. The first-order valence-electron chi connectivity index (χ1n) is 6.25. The molecule has 0 atom stereocenters. The molecule has 0 unspecified atom stereocenters. The van der Waals surface area contributed by atoms with Gasteiger partial charge in [0.15, 0.2) is 0 Å². The van der Waals surface area contributed by atoms with Gasteiger partial charge in [0.25, 0.3) is 0 Å². The summed E-state index contributed by atoms with van der Waals surface area (Å²) in [5.74, 6) is 0.124. The Morgan fingerprint density at radius 1 is 1.29 bits per heavy atom. The monoisotopic (exact) mass is 232 g/mol. The lowest BCUT2D eigenvalue weighted by atomic mass is 9.66. The Morgan fingerprint density at radius 2 is 2.00 bits per heavy atom. The lowest BCUT2D eigenvalue weighted by Crippen LogP contribution is -2.41. The Hall–Kier alpha value is -1.35. The molecule has 0 heterocycles. The molecular formula is C14H20N2O. The van der Waals surface area contributed by atoms with Crippen molar-refractivity contribution >= 4 is 5.91 Å². The summed E-state index contributed by atoms with van der Waals surface area (Å²) in [4.78, 5) is 11.8. The van der Waals surface area contributed by atoms with Crippen LogP contribution >= 0.6 is 0 Å². The molecule has 3 N–H and O–H groups in total. The first-order chi connectivity index (χ1) is 8.24. The van der Waals surface area contributed by atoms with E-state index in [1.807, 2.05) is 30.3 Å². The van der Waals surface area contributed by atoms with Gasteiger partial charge in [0.2, 0.25) is 5.91 Å². The highest BCUT2D eigenvalue weighted by atomic mass is 16.1. The van der Waals surface area contributed by atoms with Crippen molar-refractivity contribution in [2.75, 3.05) is 6.54 Å². The van der Waals surface area contributed by atoms with Crippen molar-refractivity contribution in [2.24, 2.45) is 11.1 Å². The van der Waals surface area contributed by atoms with E-state index in [0.29, 0.717) is 19.5 Å². The van der Waals surface area contributed by atoms with Gasteiger partial charge in [0.05, 0.1) is 0 Å². The number of rotatable bonds is 5. The van der Waals surface area contributed by atoms with Crippen molar-refractivity contribution in [1.82, 2.24) is 5.32 Å². The van der Waals surface area contributed by atoms with Crippen LogP contribution in [0.2, 0.25) is 0 Å². The number of nitrogens with one attached hydrogen (secondary N) is 1. The summed E-state index contributed by atoms with van der Waals surface area (Å²) >= 11 is 0. The fraction of sp³-hybridized carbons (Fsp3) is 0.500. The first-order valence-corrected chi connectivity index (χ1v) is 6.25. The summed E-state index contributed by atoms with van der Waals surface area (Å²) in [5, 5.41) is 2.96. The first kappa shape index (κ1) is 12.1. The zero-order valence-corrected chi connectivity index (χ0v) is 10.1. The van der Waals surface area contributed by atoms with Gasteiger partial charge in [-0.3, -0.25) is 4.79 Å². The molecule has 0 bridgehead atoms. The summed E-state index contributed by atoms with van der Waals surface area (Å²) in [6, 6.07) is 9.97. The third-order valence-corrected chi connectivity index (χ3v) is 3.72. The van der Waals surface area contributed by atoms with Gasteiger partial charge in [-0.05, 0) is 30.4 Å². The van der Waals surface area contributed by atoms with Gasteiger partial charge in [-0.2, -0.15) is 0 Å². The van der Waals surface area contributed by atoms with Crippen LogP contribution in [0, 0.1) is 5.41 Å². The van der Waals surface area contributed by atoms with Crippen LogP contribution in [0.3, 0.4) is 0 Å². The highest BCUT2D eigenvalue weighted by molar-refractivity contribution is 5.76. The minimum absolute atomic E-state index is 0.0980. The van der Waals surface area contributed by atoms with Crippen molar-refractivity contribution in [3.8, 4) is 0 Å². The van der Waals surface area contributed by atoms with Crippen molar-refractivity contribution in [3.63, 3.8) is 0 Å². The normalized spacial score (nSPS) is 17.2. The van der Waals surface area contributed by atoms with E-state index in [1.165, 1.54) is 6.42 Å². The van der Waals surface area contributed by atoms with Crippen LogP contribution in [0.4, 0.5) is 0 Å². The number of hydrogen-bond donors (Lipinski definition) is 2. The third-order valence-electron chi connectivity index (χ3n) is 3.72. The summed E-state index contributed by atoms with van der Waals surface area (Å²) in [5.41, 5.74) is 6.98. The molecule has 0 aliphatic heterocycles. The third kappa shape index (κ3) is 3.07. The Balaban J connectivity index is 1.78. The topological polar surface area (TPSA) is 55.1 Å². The highest BCUT2D eigenvalue weighted by Gasteiger charge is 2.37. The smallest absolute Gasteiger partial charge is 0.220 e. The van der Waals surface area contributed by atoms with Crippen LogP contribution in [-0.2, 0) is 11.3 Å². The predicted octanol–water partition coefficient (Wildman–Crippen LogP) is 1.82. The van der Waals surface area contributed by atoms with Crippen molar-refractivity contribution in [3.05, 3.63) is 35.9 Å². The van der Waals surface area contributed by atoms with Gasteiger partial charge in [0.1, 0.15) is 0 Å². The molecule has 17 heavy (non-hydrogen) atoms. The standard InChI is InChI=1S/C14H20N2O/c15-11-14(7-4-8-14)9-13(17)16-10-12-5-2-1-3-6-12/h1-3,5-6H,4,7-11,15H2,(H,16,17). The van der Waals surface area contributed by atoms with E-state index in [0.717, 1.165) is 18.4 Å². The average Bonchev–Trinajstić information content (AvgIpc) is 2.33. The van der Waals surface area contributed by atoms with E-state index < -0.39 is 0 Å². The Labute approximate surface area is 102 Å². The van der Waals surface area contributed by atoms with E-state index in [2.05, 4.69) is 5.32 Å². The number of carbonyl (C=O) groups is 1. The summed E-state index contributed by atoms with van der Waals surface area (Å²) < 4.78 is 0. The molecule has 1 aliphatic rings. The van der Waals surface area contributed by atoms with Crippen molar-refractivity contribution in [2.45, 2.75) is 32.2 Å². The maximum absolute atomic E-state index is 11.8. The zero-order valence-electron chi connectivity index (χ0n) is 10.1. The van der Waals surface area contributed by atoms with Gasteiger partial charge in [0, 0.05) is 13.0 Å². The number of amides is 1. The van der Waals surface area contributed by atoms with Crippen LogP contribution < -0.4 is 11.1 Å². The molecular weight excluding hydrogens is 212 g/mol. The molecule has 1 aliphatic carbocycles. The average molecular weight is 232 g/mol. The minimum Gasteiger partial charge on any atom is -0.352 e. The molecule has 1 amide bonds. The lowest BCUT2D eigenvalue weighted by molar-refractivity contribution is -0.124. The van der Waals surface area contributed by atoms with Crippen LogP contribution in [0.5, 0.6) is 0 Å². The Morgan fingerprint density at radius 3 is 2.53 bits per heavy atom. The number of benzene rings is 1. The van der Waals surface area contributed by atoms with Gasteiger partial charge in [-0.15, -0.1) is 0 Å². The van der Waals surface area contributed by atoms with Gasteiger partial charge < -0.3 is 11.1 Å². The second-order valence-electron chi connectivity index (χ2n) is 5.00. The highest BCUT2D eigenvalue weighted by Crippen LogP contribution is 2.42. The fourth-order valence-corrected chi connectivity index (χ4v) is 2.33. The molecule has 1 saturated carbocycles. The molecule has 3 nitrogen and oxygen atoms in total. The van der Waals surface area contributed by atoms with Crippen LogP contribution in [0.1, 0.15) is 31.2 Å². The minimum atomic E-state index is 0.0980. The van der Waals surface area contributed by atoms with E-state index in [9.17, 15) is 4.79 Å². The molecule has 0 aromatic heterocycles. The summed E-state index contributed by atoms with van der Waals surface area (Å²) in [6.07, 6.45) is 3.99.